The number of aliphatic hydroxyl groups is 1. The molecule has 0 amide bonds. The number of halogens is 1. The van der Waals surface area contributed by atoms with Gasteiger partial charge in [0.1, 0.15) is 0 Å². The highest BCUT2D eigenvalue weighted by Gasteiger charge is 2.21. The molecule has 0 aliphatic heterocycles. The minimum Gasteiger partial charge on any atom is -0.388 e. The van der Waals surface area contributed by atoms with Gasteiger partial charge in [0.2, 0.25) is 0 Å². The number of aryl methyl sites for hydroxylation is 3. The van der Waals surface area contributed by atoms with Crippen LogP contribution in [0.15, 0.2) is 11.1 Å². The zero-order chi connectivity index (χ0) is 17.3. The van der Waals surface area contributed by atoms with Crippen LogP contribution in [0.3, 0.4) is 0 Å². The normalized spacial score (nSPS) is 12.0. The van der Waals surface area contributed by atoms with Gasteiger partial charge in [-0.15, -0.1) is 24.0 Å². The van der Waals surface area contributed by atoms with Crippen molar-refractivity contribution in [3.05, 3.63) is 17.5 Å². The van der Waals surface area contributed by atoms with Gasteiger partial charge in [-0.3, -0.25) is 9.67 Å². The van der Waals surface area contributed by atoms with E-state index < -0.39 is 5.60 Å². The van der Waals surface area contributed by atoms with Crippen molar-refractivity contribution in [1.29, 1.82) is 0 Å². The van der Waals surface area contributed by atoms with Crippen molar-refractivity contribution in [3.63, 3.8) is 0 Å². The summed E-state index contributed by atoms with van der Waals surface area (Å²) in [5.41, 5.74) is 1.55. The number of aromatic nitrogens is 2. The van der Waals surface area contributed by atoms with Gasteiger partial charge in [-0.25, -0.2) is 0 Å². The molecule has 0 saturated carbocycles. The van der Waals surface area contributed by atoms with Crippen LogP contribution in [-0.2, 0) is 6.54 Å². The van der Waals surface area contributed by atoms with E-state index in [9.17, 15) is 5.11 Å². The largest absolute Gasteiger partial charge is 0.388 e. The molecule has 1 aromatic rings. The molecule has 0 unspecified atom stereocenters. The average Bonchev–Trinajstić information content (AvgIpc) is 2.86. The van der Waals surface area contributed by atoms with Crippen molar-refractivity contribution in [2.24, 2.45) is 4.99 Å². The molecule has 1 heterocycles. The monoisotopic (exact) mass is 451 g/mol. The zero-order valence-corrected chi connectivity index (χ0v) is 18.1. The van der Waals surface area contributed by atoms with E-state index in [1.54, 1.807) is 0 Å². The van der Waals surface area contributed by atoms with Crippen LogP contribution in [0.2, 0.25) is 0 Å². The molecule has 0 saturated heterocycles. The highest BCUT2D eigenvalue weighted by molar-refractivity contribution is 14.0. The number of nitrogens with one attached hydrogen (secondary N) is 2. The Morgan fingerprint density at radius 2 is 1.92 bits per heavy atom. The first-order valence-corrected chi connectivity index (χ1v) is 8.69. The van der Waals surface area contributed by atoms with Crippen molar-refractivity contribution < 1.29 is 5.11 Å². The third-order valence-electron chi connectivity index (χ3n) is 4.13. The lowest BCUT2D eigenvalue weighted by Gasteiger charge is -2.23. The number of hydrogen-bond acceptors (Lipinski definition) is 3. The summed E-state index contributed by atoms with van der Waals surface area (Å²) in [7, 11) is 0. The van der Waals surface area contributed by atoms with Gasteiger partial charge in [-0.2, -0.15) is 5.10 Å². The second-order valence-electron chi connectivity index (χ2n) is 6.06. The molecular formula is C17H34IN5O. The van der Waals surface area contributed by atoms with Gasteiger partial charge in [-0.05, 0) is 46.1 Å². The highest BCUT2D eigenvalue weighted by atomic mass is 127. The van der Waals surface area contributed by atoms with Crippen LogP contribution in [0.5, 0.6) is 0 Å². The van der Waals surface area contributed by atoms with Gasteiger partial charge in [-0.1, -0.05) is 13.8 Å². The number of guanidine groups is 1. The van der Waals surface area contributed by atoms with Gasteiger partial charge in [0.25, 0.3) is 0 Å². The van der Waals surface area contributed by atoms with Crippen molar-refractivity contribution >= 4 is 29.9 Å². The lowest BCUT2D eigenvalue weighted by molar-refractivity contribution is 0.0418. The van der Waals surface area contributed by atoms with Gasteiger partial charge in [0.05, 0.1) is 17.8 Å². The average molecular weight is 451 g/mol. The van der Waals surface area contributed by atoms with Crippen LogP contribution in [-0.4, -0.2) is 46.1 Å². The number of hydrogen-bond donors (Lipinski definition) is 3. The van der Waals surface area contributed by atoms with E-state index in [1.165, 1.54) is 5.69 Å². The molecule has 0 radical (unpaired) electrons. The third kappa shape index (κ3) is 7.83. The van der Waals surface area contributed by atoms with E-state index in [0.717, 1.165) is 37.7 Å². The van der Waals surface area contributed by atoms with Crippen LogP contribution in [0.25, 0.3) is 0 Å². The summed E-state index contributed by atoms with van der Waals surface area (Å²) >= 11 is 0. The molecule has 0 atom stereocenters. The molecule has 1 rings (SSSR count). The van der Waals surface area contributed by atoms with Gasteiger partial charge in [0.15, 0.2) is 5.96 Å². The first-order valence-electron chi connectivity index (χ1n) is 8.69. The molecule has 0 spiro atoms. The first-order chi connectivity index (χ1) is 10.9. The Morgan fingerprint density at radius 3 is 2.42 bits per heavy atom. The molecule has 0 aliphatic carbocycles. The van der Waals surface area contributed by atoms with E-state index in [4.69, 9.17) is 0 Å². The molecule has 1 aromatic heterocycles. The molecule has 3 N–H and O–H groups in total. The number of rotatable bonds is 9. The third-order valence-corrected chi connectivity index (χ3v) is 4.13. The fourth-order valence-electron chi connectivity index (χ4n) is 2.38. The Morgan fingerprint density at radius 1 is 1.25 bits per heavy atom. The second-order valence-corrected chi connectivity index (χ2v) is 6.06. The summed E-state index contributed by atoms with van der Waals surface area (Å²) in [6.07, 6.45) is 2.40. The molecule has 0 aromatic carbocycles. The van der Waals surface area contributed by atoms with Crippen molar-refractivity contribution in [2.75, 3.05) is 19.6 Å². The fraction of sp³-hybridized carbons (Fsp3) is 0.765. The van der Waals surface area contributed by atoms with Crippen LogP contribution in [0.1, 0.15) is 51.4 Å². The minimum atomic E-state index is -0.702. The van der Waals surface area contributed by atoms with E-state index in [0.29, 0.717) is 19.4 Å². The zero-order valence-electron chi connectivity index (χ0n) is 15.7. The highest BCUT2D eigenvalue weighted by Crippen LogP contribution is 2.14. The van der Waals surface area contributed by atoms with E-state index >= 15 is 0 Å². The standard InChI is InChI=1S/C17H33N5O.HI/c1-6-17(23,7-2)13-20-16(18-8-3)19-10-9-11-22-15(5)12-14(4)21-22;/h12,23H,6-11,13H2,1-5H3,(H2,18,19,20);1H. The van der Waals surface area contributed by atoms with Crippen LogP contribution < -0.4 is 10.6 Å². The van der Waals surface area contributed by atoms with Gasteiger partial charge in [0, 0.05) is 25.3 Å². The maximum Gasteiger partial charge on any atom is 0.191 e. The van der Waals surface area contributed by atoms with E-state index in [-0.39, 0.29) is 24.0 Å². The smallest absolute Gasteiger partial charge is 0.191 e. The molecule has 140 valence electrons. The topological polar surface area (TPSA) is 74.5 Å². The molecule has 24 heavy (non-hydrogen) atoms. The molecule has 7 heteroatoms. The number of nitrogens with zero attached hydrogens (tertiary/aromatic N) is 3. The summed E-state index contributed by atoms with van der Waals surface area (Å²) < 4.78 is 2.04. The lowest BCUT2D eigenvalue weighted by Crippen LogP contribution is -2.40. The quantitative estimate of drug-likeness (QED) is 0.234. The molecule has 0 bridgehead atoms. The Labute approximate surface area is 163 Å². The van der Waals surface area contributed by atoms with Crippen LogP contribution >= 0.6 is 24.0 Å². The maximum atomic E-state index is 10.3. The summed E-state index contributed by atoms with van der Waals surface area (Å²) in [5.74, 6) is 0.765. The summed E-state index contributed by atoms with van der Waals surface area (Å²) in [4.78, 5) is 4.52. The van der Waals surface area contributed by atoms with E-state index in [2.05, 4.69) is 33.7 Å². The Bertz CT molecular complexity index is 497. The SMILES string of the molecule is CCNC(=NCC(O)(CC)CC)NCCCn1nc(C)cc1C.I. The molecule has 6 nitrogen and oxygen atoms in total. The molecular weight excluding hydrogens is 417 g/mol. The molecule has 0 fully saturated rings. The predicted molar refractivity (Wildman–Crippen MR) is 111 cm³/mol. The van der Waals surface area contributed by atoms with Gasteiger partial charge >= 0.3 is 0 Å². The summed E-state index contributed by atoms with van der Waals surface area (Å²) in [5, 5.41) is 21.3. The van der Waals surface area contributed by atoms with Crippen LogP contribution in [0.4, 0.5) is 0 Å². The van der Waals surface area contributed by atoms with Gasteiger partial charge < -0.3 is 15.7 Å². The van der Waals surface area contributed by atoms with Crippen molar-refractivity contribution in [2.45, 2.75) is 66.0 Å². The number of aliphatic imine (C=N–C) groups is 1. The summed E-state index contributed by atoms with van der Waals surface area (Å²) in [6, 6.07) is 2.09. The summed E-state index contributed by atoms with van der Waals surface area (Å²) in [6.45, 7) is 13.1. The Kier molecular flexibility index (Phi) is 11.3. The first kappa shape index (κ1) is 23.2. The van der Waals surface area contributed by atoms with Crippen molar-refractivity contribution in [3.8, 4) is 0 Å². The fourth-order valence-corrected chi connectivity index (χ4v) is 2.38. The van der Waals surface area contributed by atoms with Crippen LogP contribution in [0, 0.1) is 13.8 Å². The Balaban J connectivity index is 0.00000529. The second kappa shape index (κ2) is 11.7. The predicted octanol–water partition coefficient (Wildman–Crippen LogP) is 2.61. The molecule has 0 aliphatic rings. The lowest BCUT2D eigenvalue weighted by atomic mass is 9.98. The Hall–Kier alpha value is -0.830. The van der Waals surface area contributed by atoms with Crippen molar-refractivity contribution in [1.82, 2.24) is 20.4 Å². The maximum absolute atomic E-state index is 10.3. The minimum absolute atomic E-state index is 0. The van der Waals surface area contributed by atoms with E-state index in [1.807, 2.05) is 32.4 Å².